The van der Waals surface area contributed by atoms with Crippen LogP contribution < -0.4 is 20.8 Å². The minimum atomic E-state index is -0.627. The molecule has 9 nitrogen and oxygen atoms in total. The van der Waals surface area contributed by atoms with Crippen LogP contribution >= 0.6 is 35.4 Å². The second kappa shape index (κ2) is 14.2. The summed E-state index contributed by atoms with van der Waals surface area (Å²) in [6.07, 6.45) is 1.63. The van der Waals surface area contributed by atoms with Gasteiger partial charge in [-0.05, 0) is 62.8 Å². The van der Waals surface area contributed by atoms with E-state index in [0.29, 0.717) is 44.3 Å². The number of amides is 1. The first-order valence-electron chi connectivity index (χ1n) is 14.2. The summed E-state index contributed by atoms with van der Waals surface area (Å²) >= 11 is 17.9. The molecule has 0 fully saturated rings. The minimum absolute atomic E-state index is 0.225. The molecule has 3 aromatic carbocycles. The van der Waals surface area contributed by atoms with Gasteiger partial charge in [0.2, 0.25) is 0 Å². The quantitative estimate of drug-likeness (QED) is 0.0804. The van der Waals surface area contributed by atoms with Crippen molar-refractivity contribution in [2.75, 3.05) is 13.2 Å². The molecule has 1 aliphatic rings. The molecule has 12 heteroatoms. The molecule has 1 amide bonds. The first kappa shape index (κ1) is 32.0. The van der Waals surface area contributed by atoms with Crippen LogP contribution in [0, 0.1) is 6.92 Å². The molecule has 4 aromatic rings. The van der Waals surface area contributed by atoms with Crippen LogP contribution in [0.25, 0.3) is 10.9 Å². The van der Waals surface area contributed by atoms with Crippen molar-refractivity contribution in [1.29, 1.82) is 0 Å². The van der Waals surface area contributed by atoms with Gasteiger partial charge >= 0.3 is 5.97 Å². The molecule has 0 saturated carbocycles. The van der Waals surface area contributed by atoms with E-state index >= 15 is 0 Å². The third kappa shape index (κ3) is 7.14. The molecule has 3 N–H and O–H groups in total. The van der Waals surface area contributed by atoms with E-state index in [2.05, 4.69) is 25.7 Å². The van der Waals surface area contributed by atoms with Crippen molar-refractivity contribution >= 4 is 69.5 Å². The molecule has 0 bridgehead atoms. The standard InChI is InChI=1S/C33H31Cl2N5O4S/c1-4-43-32(42)30-19(2)37-33(45)38-31(30)24-10-6-8-12-28(24)44-18-29(41)39-36-16-25-20(3)40(27-11-7-5-9-23(25)27)17-21-13-14-22(34)15-26(21)35/h5-16,31H,4,17-18H2,1-3H3,(H,39,41)(H2,37,38,45)/t31-/m1/s1. The predicted molar refractivity (Wildman–Crippen MR) is 181 cm³/mol. The van der Waals surface area contributed by atoms with E-state index in [1.54, 1.807) is 44.3 Å². The van der Waals surface area contributed by atoms with Gasteiger partial charge in [0.25, 0.3) is 5.91 Å². The van der Waals surface area contributed by atoms with Crippen LogP contribution in [-0.4, -0.2) is 41.0 Å². The van der Waals surface area contributed by atoms with E-state index in [1.165, 1.54) is 0 Å². The Morgan fingerprint density at radius 1 is 1.09 bits per heavy atom. The second-order valence-electron chi connectivity index (χ2n) is 10.2. The highest BCUT2D eigenvalue weighted by Crippen LogP contribution is 2.34. The summed E-state index contributed by atoms with van der Waals surface area (Å²) in [5, 5.41) is 12.8. The predicted octanol–water partition coefficient (Wildman–Crippen LogP) is 6.19. The number of benzene rings is 3. The summed E-state index contributed by atoms with van der Waals surface area (Å²) < 4.78 is 13.3. The Kier molecular flexibility index (Phi) is 10.1. The van der Waals surface area contributed by atoms with Crippen LogP contribution in [0.15, 0.2) is 83.1 Å². The molecule has 2 heterocycles. The second-order valence-corrected chi connectivity index (χ2v) is 11.5. The minimum Gasteiger partial charge on any atom is -0.483 e. The smallest absolute Gasteiger partial charge is 0.338 e. The molecule has 0 aliphatic carbocycles. The Bertz CT molecular complexity index is 1850. The molecule has 1 aliphatic heterocycles. The van der Waals surface area contributed by atoms with Gasteiger partial charge in [-0.1, -0.05) is 65.7 Å². The summed E-state index contributed by atoms with van der Waals surface area (Å²) in [4.78, 5) is 25.6. The highest BCUT2D eigenvalue weighted by atomic mass is 35.5. The monoisotopic (exact) mass is 663 g/mol. The Hall–Kier alpha value is -4.38. The Labute approximate surface area is 276 Å². The van der Waals surface area contributed by atoms with E-state index in [1.807, 2.05) is 49.4 Å². The van der Waals surface area contributed by atoms with Crippen molar-refractivity contribution in [2.45, 2.75) is 33.4 Å². The van der Waals surface area contributed by atoms with Crippen LogP contribution in [0.1, 0.15) is 42.3 Å². The number of carbonyl (C=O) groups is 2. The number of thiocarbonyl (C=S) groups is 1. The van der Waals surface area contributed by atoms with Gasteiger partial charge in [0.05, 0.1) is 24.4 Å². The number of nitrogens with one attached hydrogen (secondary N) is 3. The lowest BCUT2D eigenvalue weighted by atomic mass is 9.95. The number of aromatic nitrogens is 1. The van der Waals surface area contributed by atoms with Crippen molar-refractivity contribution < 1.29 is 19.1 Å². The first-order chi connectivity index (χ1) is 21.7. The molecular weight excluding hydrogens is 633 g/mol. The summed E-state index contributed by atoms with van der Waals surface area (Å²) in [5.41, 5.74) is 7.90. The highest BCUT2D eigenvalue weighted by molar-refractivity contribution is 7.80. The van der Waals surface area contributed by atoms with E-state index in [0.717, 1.165) is 27.7 Å². The number of carbonyl (C=O) groups excluding carboxylic acids is 2. The van der Waals surface area contributed by atoms with Crippen molar-refractivity contribution in [3.63, 3.8) is 0 Å². The highest BCUT2D eigenvalue weighted by Gasteiger charge is 2.32. The zero-order chi connectivity index (χ0) is 32.1. The van der Waals surface area contributed by atoms with E-state index in [4.69, 9.17) is 44.9 Å². The van der Waals surface area contributed by atoms with Crippen LogP contribution in [-0.2, 0) is 20.9 Å². The topological polar surface area (TPSA) is 106 Å². The molecule has 232 valence electrons. The van der Waals surface area contributed by atoms with Crippen LogP contribution in [0.4, 0.5) is 0 Å². The van der Waals surface area contributed by atoms with E-state index < -0.39 is 17.9 Å². The van der Waals surface area contributed by atoms with Gasteiger partial charge in [-0.3, -0.25) is 4.79 Å². The number of ether oxygens (including phenoxy) is 2. The van der Waals surface area contributed by atoms with Crippen LogP contribution in [0.3, 0.4) is 0 Å². The number of halogens is 2. The largest absolute Gasteiger partial charge is 0.483 e. The summed E-state index contributed by atoms with van der Waals surface area (Å²) in [5.74, 6) is -0.521. The average molecular weight is 665 g/mol. The van der Waals surface area contributed by atoms with Gasteiger partial charge in [-0.15, -0.1) is 0 Å². The van der Waals surface area contributed by atoms with Gasteiger partial charge in [0, 0.05) is 50.0 Å². The number of allylic oxidation sites excluding steroid dienone is 1. The lowest BCUT2D eigenvalue weighted by Crippen LogP contribution is -2.45. The number of hydrogen-bond acceptors (Lipinski definition) is 6. The summed E-state index contributed by atoms with van der Waals surface area (Å²) in [6, 6.07) is 19.9. The van der Waals surface area contributed by atoms with Gasteiger partial charge in [-0.25, -0.2) is 10.2 Å². The van der Waals surface area contributed by atoms with Gasteiger partial charge in [-0.2, -0.15) is 5.10 Å². The molecule has 45 heavy (non-hydrogen) atoms. The van der Waals surface area contributed by atoms with Gasteiger partial charge in [0.1, 0.15) is 5.75 Å². The van der Waals surface area contributed by atoms with Crippen molar-refractivity contribution in [3.8, 4) is 5.75 Å². The number of hydrogen-bond donors (Lipinski definition) is 3. The molecule has 0 radical (unpaired) electrons. The normalized spacial score (nSPS) is 14.8. The molecular formula is C33H31Cl2N5O4S. The Balaban J connectivity index is 1.30. The van der Waals surface area contributed by atoms with Crippen molar-refractivity contribution in [2.24, 2.45) is 5.10 Å². The Morgan fingerprint density at radius 2 is 1.84 bits per heavy atom. The summed E-state index contributed by atoms with van der Waals surface area (Å²) in [6.45, 7) is 5.95. The van der Waals surface area contributed by atoms with Gasteiger partial charge in [0.15, 0.2) is 11.7 Å². The SMILES string of the molecule is CCOC(=O)C1=C(C)NC(=S)N[C@@H]1c1ccccc1OCC(=O)NN=Cc1c(C)n(Cc2ccc(Cl)cc2Cl)c2ccccc12. The maximum Gasteiger partial charge on any atom is 0.338 e. The maximum absolute atomic E-state index is 12.8. The fraction of sp³-hybridized carbons (Fsp3) is 0.212. The number of hydrazone groups is 1. The third-order valence-corrected chi connectivity index (χ3v) is 8.17. The van der Waals surface area contributed by atoms with Crippen LogP contribution in [0.5, 0.6) is 5.75 Å². The van der Waals surface area contributed by atoms with Gasteiger partial charge < -0.3 is 24.7 Å². The molecule has 1 aromatic heterocycles. The van der Waals surface area contributed by atoms with E-state index in [-0.39, 0.29) is 13.2 Å². The average Bonchev–Trinajstić information content (AvgIpc) is 3.27. The molecule has 0 saturated heterocycles. The fourth-order valence-corrected chi connectivity index (χ4v) is 5.99. The van der Waals surface area contributed by atoms with Crippen molar-refractivity contribution in [3.05, 3.63) is 110 Å². The molecule has 0 unspecified atom stereocenters. The fourth-order valence-electron chi connectivity index (χ4n) is 5.25. The number of para-hydroxylation sites is 2. The molecule has 5 rings (SSSR count). The zero-order valence-corrected chi connectivity index (χ0v) is 27.1. The number of fused-ring (bicyclic) bond motifs is 1. The number of rotatable bonds is 10. The maximum atomic E-state index is 12.8. The molecule has 1 atom stereocenters. The van der Waals surface area contributed by atoms with E-state index in [9.17, 15) is 9.59 Å². The molecule has 0 spiro atoms. The lowest BCUT2D eigenvalue weighted by Gasteiger charge is -2.30. The first-order valence-corrected chi connectivity index (χ1v) is 15.3. The zero-order valence-electron chi connectivity index (χ0n) is 24.8. The lowest BCUT2D eigenvalue weighted by molar-refractivity contribution is -0.139. The number of esters is 1. The van der Waals surface area contributed by atoms with Crippen molar-refractivity contribution in [1.82, 2.24) is 20.6 Å². The third-order valence-electron chi connectivity index (χ3n) is 7.36. The number of nitrogens with zero attached hydrogens (tertiary/aromatic N) is 2. The van der Waals surface area contributed by atoms with Crippen LogP contribution in [0.2, 0.25) is 10.0 Å². The summed E-state index contributed by atoms with van der Waals surface area (Å²) in [7, 11) is 0. The Morgan fingerprint density at radius 3 is 2.62 bits per heavy atom.